The predicted molar refractivity (Wildman–Crippen MR) is 123 cm³/mol. The summed E-state index contributed by atoms with van der Waals surface area (Å²) in [5, 5.41) is 13.2. The number of morpholine rings is 1. The number of aliphatic hydroxyl groups excluding tert-OH is 1. The topological polar surface area (TPSA) is 97.9 Å². The van der Waals surface area contributed by atoms with Crippen LogP contribution >= 0.6 is 0 Å². The standard InChI is InChI=1S/C24H29FN4O4/c1-14-21(11-19-18-10-16(25)4-5-20(18)27-23(19)31)26-15(2)22(14)24(32)28(3)12-17(30)13-29-6-8-33-9-7-29/h4-5,10-11,17,26,30H,6-9,12-13H2,1-3H3,(H,27,31)/b19-11-. The summed E-state index contributed by atoms with van der Waals surface area (Å²) in [7, 11) is 1.67. The van der Waals surface area contributed by atoms with E-state index in [2.05, 4.69) is 15.2 Å². The van der Waals surface area contributed by atoms with E-state index in [1.807, 2.05) is 0 Å². The highest BCUT2D eigenvalue weighted by molar-refractivity contribution is 6.34. The van der Waals surface area contributed by atoms with E-state index in [1.54, 1.807) is 27.0 Å². The number of hydrogen-bond acceptors (Lipinski definition) is 5. The van der Waals surface area contributed by atoms with Gasteiger partial charge in [0.2, 0.25) is 0 Å². The minimum atomic E-state index is -0.674. The second kappa shape index (κ2) is 9.46. The summed E-state index contributed by atoms with van der Waals surface area (Å²) >= 11 is 0. The van der Waals surface area contributed by atoms with E-state index < -0.39 is 11.9 Å². The lowest BCUT2D eigenvalue weighted by molar-refractivity contribution is -0.110. The van der Waals surface area contributed by atoms with Gasteiger partial charge in [-0.25, -0.2) is 4.39 Å². The van der Waals surface area contributed by atoms with E-state index in [0.29, 0.717) is 59.1 Å². The van der Waals surface area contributed by atoms with E-state index in [-0.39, 0.29) is 18.4 Å². The number of carbonyl (C=O) groups excluding carboxylic acids is 2. The summed E-state index contributed by atoms with van der Waals surface area (Å²) in [6.45, 7) is 7.11. The van der Waals surface area contributed by atoms with E-state index in [4.69, 9.17) is 4.74 Å². The molecule has 1 unspecified atom stereocenters. The second-order valence-corrected chi connectivity index (χ2v) is 8.62. The fourth-order valence-electron chi connectivity index (χ4n) is 4.42. The summed E-state index contributed by atoms with van der Waals surface area (Å²) in [5.74, 6) is -0.962. The average Bonchev–Trinajstić information content (AvgIpc) is 3.23. The van der Waals surface area contributed by atoms with Crippen molar-refractivity contribution in [3.05, 3.63) is 52.1 Å². The minimum absolute atomic E-state index is 0.200. The number of β-amino-alcohol motifs (C(OH)–C–C–N with tert-alkyl or cyclic N) is 1. The van der Waals surface area contributed by atoms with Crippen molar-refractivity contribution in [3.63, 3.8) is 0 Å². The van der Waals surface area contributed by atoms with Gasteiger partial charge in [-0.15, -0.1) is 0 Å². The van der Waals surface area contributed by atoms with Crippen LogP contribution in [-0.4, -0.2) is 84.2 Å². The van der Waals surface area contributed by atoms with Crippen molar-refractivity contribution in [3.8, 4) is 0 Å². The lowest BCUT2D eigenvalue weighted by atomic mass is 10.0. The first-order chi connectivity index (χ1) is 15.7. The van der Waals surface area contributed by atoms with Crippen molar-refractivity contribution in [1.29, 1.82) is 0 Å². The number of aromatic nitrogens is 1. The van der Waals surface area contributed by atoms with Crippen molar-refractivity contribution in [2.45, 2.75) is 20.0 Å². The third kappa shape index (κ3) is 4.85. The molecule has 1 atom stereocenters. The summed E-state index contributed by atoms with van der Waals surface area (Å²) in [6.07, 6.45) is 0.972. The fraction of sp³-hybridized carbons (Fsp3) is 0.417. The molecule has 3 heterocycles. The van der Waals surface area contributed by atoms with Crippen molar-refractivity contribution in [2.75, 3.05) is 51.8 Å². The molecular weight excluding hydrogens is 427 g/mol. The van der Waals surface area contributed by atoms with E-state index in [1.165, 1.54) is 23.1 Å². The Labute approximate surface area is 192 Å². The quantitative estimate of drug-likeness (QED) is 0.578. The van der Waals surface area contributed by atoms with Gasteiger partial charge in [0.25, 0.3) is 11.8 Å². The molecule has 0 saturated carbocycles. The molecule has 176 valence electrons. The Morgan fingerprint density at radius 3 is 2.79 bits per heavy atom. The van der Waals surface area contributed by atoms with Crippen LogP contribution in [0.1, 0.15) is 32.9 Å². The van der Waals surface area contributed by atoms with Crippen molar-refractivity contribution < 1.29 is 23.8 Å². The monoisotopic (exact) mass is 456 g/mol. The highest BCUT2D eigenvalue weighted by atomic mass is 19.1. The fourth-order valence-corrected chi connectivity index (χ4v) is 4.42. The van der Waals surface area contributed by atoms with Crippen LogP contribution in [0.2, 0.25) is 0 Å². The Morgan fingerprint density at radius 1 is 1.33 bits per heavy atom. The Kier molecular flexibility index (Phi) is 6.64. The molecule has 1 saturated heterocycles. The molecule has 1 fully saturated rings. The number of carbonyl (C=O) groups is 2. The maximum atomic E-state index is 13.7. The summed E-state index contributed by atoms with van der Waals surface area (Å²) in [4.78, 5) is 32.4. The summed E-state index contributed by atoms with van der Waals surface area (Å²) in [6, 6.07) is 4.15. The number of anilines is 1. The van der Waals surface area contributed by atoms with Gasteiger partial charge < -0.3 is 25.0 Å². The number of likely N-dealkylation sites (N-methyl/N-ethyl adjacent to an activating group) is 1. The normalized spacial score (nSPS) is 18.3. The molecule has 0 bridgehead atoms. The molecule has 1 aromatic carbocycles. The predicted octanol–water partition coefficient (Wildman–Crippen LogP) is 2.03. The smallest absolute Gasteiger partial charge is 0.256 e. The number of hydrogen-bond donors (Lipinski definition) is 3. The zero-order valence-corrected chi connectivity index (χ0v) is 19.1. The number of fused-ring (bicyclic) bond motifs is 1. The molecule has 9 heteroatoms. The maximum Gasteiger partial charge on any atom is 0.256 e. The number of aromatic amines is 1. The number of amides is 2. The Bertz CT molecular complexity index is 1100. The number of halogens is 1. The van der Waals surface area contributed by atoms with Crippen LogP contribution in [-0.2, 0) is 9.53 Å². The van der Waals surface area contributed by atoms with E-state index in [0.717, 1.165) is 13.1 Å². The molecule has 2 aliphatic rings. The van der Waals surface area contributed by atoms with Crippen molar-refractivity contribution >= 4 is 29.2 Å². The second-order valence-electron chi connectivity index (χ2n) is 8.62. The van der Waals surface area contributed by atoms with Gasteiger partial charge in [-0.1, -0.05) is 0 Å². The Hall–Kier alpha value is -3.01. The van der Waals surface area contributed by atoms with Crippen LogP contribution in [0.5, 0.6) is 0 Å². The number of nitrogens with zero attached hydrogens (tertiary/aromatic N) is 2. The lowest BCUT2D eigenvalue weighted by Crippen LogP contribution is -2.45. The molecule has 8 nitrogen and oxygen atoms in total. The van der Waals surface area contributed by atoms with Gasteiger partial charge in [-0.2, -0.15) is 0 Å². The average molecular weight is 457 g/mol. The number of rotatable bonds is 6. The van der Waals surface area contributed by atoms with Gasteiger partial charge in [0.15, 0.2) is 0 Å². The number of benzene rings is 1. The molecule has 0 radical (unpaired) electrons. The Balaban J connectivity index is 1.52. The zero-order valence-electron chi connectivity index (χ0n) is 19.1. The van der Waals surface area contributed by atoms with Gasteiger partial charge in [0, 0.05) is 55.9 Å². The van der Waals surface area contributed by atoms with Gasteiger partial charge in [-0.05, 0) is 43.7 Å². The molecule has 1 aromatic heterocycles. The van der Waals surface area contributed by atoms with Crippen LogP contribution in [0, 0.1) is 19.7 Å². The number of aliphatic hydroxyl groups is 1. The number of aryl methyl sites for hydroxylation is 1. The number of H-pyrrole nitrogens is 1. The van der Waals surface area contributed by atoms with Crippen LogP contribution in [0.4, 0.5) is 10.1 Å². The third-order valence-electron chi connectivity index (χ3n) is 6.15. The number of ether oxygens (including phenoxy) is 1. The molecule has 33 heavy (non-hydrogen) atoms. The summed E-state index contributed by atoms with van der Waals surface area (Å²) < 4.78 is 19.1. The zero-order chi connectivity index (χ0) is 23.7. The van der Waals surface area contributed by atoms with Crippen LogP contribution in [0.25, 0.3) is 11.6 Å². The SMILES string of the molecule is Cc1[nH]c(/C=C2\C(=O)Nc3ccc(F)cc32)c(C)c1C(=O)N(C)CC(O)CN1CCOCC1. The van der Waals surface area contributed by atoms with Crippen LogP contribution in [0.15, 0.2) is 18.2 Å². The van der Waals surface area contributed by atoms with Gasteiger partial charge in [0.1, 0.15) is 5.82 Å². The molecule has 4 rings (SSSR count). The summed E-state index contributed by atoms with van der Waals surface area (Å²) in [5.41, 5.74) is 3.85. The first-order valence-electron chi connectivity index (χ1n) is 11.0. The molecular formula is C24H29FN4O4. The van der Waals surface area contributed by atoms with Crippen molar-refractivity contribution in [2.24, 2.45) is 0 Å². The largest absolute Gasteiger partial charge is 0.390 e. The van der Waals surface area contributed by atoms with Gasteiger partial charge >= 0.3 is 0 Å². The number of nitrogens with one attached hydrogen (secondary N) is 2. The van der Waals surface area contributed by atoms with E-state index >= 15 is 0 Å². The van der Waals surface area contributed by atoms with Crippen molar-refractivity contribution in [1.82, 2.24) is 14.8 Å². The Morgan fingerprint density at radius 2 is 2.06 bits per heavy atom. The maximum absolute atomic E-state index is 13.7. The van der Waals surface area contributed by atoms with Crippen LogP contribution < -0.4 is 5.32 Å². The van der Waals surface area contributed by atoms with Gasteiger partial charge in [0.05, 0.1) is 30.5 Å². The van der Waals surface area contributed by atoms with Crippen LogP contribution in [0.3, 0.4) is 0 Å². The van der Waals surface area contributed by atoms with E-state index in [9.17, 15) is 19.1 Å². The highest BCUT2D eigenvalue weighted by Crippen LogP contribution is 2.34. The molecule has 2 aliphatic heterocycles. The minimum Gasteiger partial charge on any atom is -0.390 e. The first kappa shape index (κ1) is 23.2. The highest BCUT2D eigenvalue weighted by Gasteiger charge is 2.27. The molecule has 2 amide bonds. The third-order valence-corrected chi connectivity index (χ3v) is 6.15. The van der Waals surface area contributed by atoms with Gasteiger partial charge in [-0.3, -0.25) is 14.5 Å². The molecule has 0 aliphatic carbocycles. The lowest BCUT2D eigenvalue weighted by Gasteiger charge is -2.30. The first-order valence-corrected chi connectivity index (χ1v) is 11.0. The molecule has 2 aromatic rings. The molecule has 0 spiro atoms. The molecule has 3 N–H and O–H groups in total.